The van der Waals surface area contributed by atoms with Gasteiger partial charge in [0.05, 0.1) is 12.3 Å². The average Bonchev–Trinajstić information content (AvgIpc) is 2.49. The van der Waals surface area contributed by atoms with E-state index in [2.05, 4.69) is 51.0 Å². The Kier molecular flexibility index (Phi) is 6.03. The first-order valence-corrected chi connectivity index (χ1v) is 11.4. The Morgan fingerprint density at radius 3 is 2.32 bits per heavy atom. The minimum atomic E-state index is -1.13. The molecule has 2 rings (SSSR count). The smallest absolute Gasteiger partial charge is 0.265 e. The van der Waals surface area contributed by atoms with Crippen LogP contribution in [-0.4, -0.2) is 30.6 Å². The summed E-state index contributed by atoms with van der Waals surface area (Å²) >= 11 is 0. The molecule has 3 heteroatoms. The van der Waals surface area contributed by atoms with E-state index in [0.717, 1.165) is 29.7 Å². The molecular formula is C19H31NOP+. The number of carbonyl (C=O) groups is 1. The Balaban J connectivity index is 2.19. The number of hydrogen-bond acceptors (Lipinski definition) is 1. The van der Waals surface area contributed by atoms with Crippen LogP contribution in [0.25, 0.3) is 0 Å². The van der Waals surface area contributed by atoms with Gasteiger partial charge in [0.1, 0.15) is 5.66 Å². The maximum atomic E-state index is 13.0. The van der Waals surface area contributed by atoms with Crippen LogP contribution >= 0.6 is 7.26 Å². The molecule has 1 amide bonds. The molecule has 0 aliphatic carbocycles. The molecule has 22 heavy (non-hydrogen) atoms. The Morgan fingerprint density at radius 2 is 1.77 bits per heavy atom. The van der Waals surface area contributed by atoms with Crippen LogP contribution in [0.2, 0.25) is 0 Å². The van der Waals surface area contributed by atoms with Crippen molar-refractivity contribution in [2.24, 2.45) is 0 Å². The fourth-order valence-electron chi connectivity index (χ4n) is 3.76. The topological polar surface area (TPSA) is 29.1 Å². The van der Waals surface area contributed by atoms with E-state index < -0.39 is 7.26 Å². The second kappa shape index (κ2) is 7.59. The molecule has 1 aliphatic heterocycles. The first-order valence-electron chi connectivity index (χ1n) is 8.69. The monoisotopic (exact) mass is 320 g/mol. The molecule has 1 unspecified atom stereocenters. The summed E-state index contributed by atoms with van der Waals surface area (Å²) in [5, 5.41) is 3.27. The van der Waals surface area contributed by atoms with Gasteiger partial charge < -0.3 is 5.32 Å². The van der Waals surface area contributed by atoms with Gasteiger partial charge in [-0.2, -0.15) is 0 Å². The van der Waals surface area contributed by atoms with Gasteiger partial charge in [0, 0.05) is 19.6 Å². The second-order valence-electron chi connectivity index (χ2n) is 7.05. The highest BCUT2D eigenvalue weighted by molar-refractivity contribution is 7.76. The van der Waals surface area contributed by atoms with E-state index >= 15 is 0 Å². The average molecular weight is 320 g/mol. The Morgan fingerprint density at radius 1 is 1.18 bits per heavy atom. The van der Waals surface area contributed by atoms with Gasteiger partial charge in [0.2, 0.25) is 0 Å². The van der Waals surface area contributed by atoms with E-state index in [9.17, 15) is 4.79 Å². The predicted molar refractivity (Wildman–Crippen MR) is 99.7 cm³/mol. The molecule has 0 saturated carbocycles. The number of carbonyl (C=O) groups excluding carboxylic acids is 1. The molecule has 0 spiro atoms. The van der Waals surface area contributed by atoms with E-state index in [1.807, 2.05) is 0 Å². The second-order valence-corrected chi connectivity index (χ2v) is 11.5. The molecule has 1 fully saturated rings. The summed E-state index contributed by atoms with van der Waals surface area (Å²) in [6.45, 7) is 8.80. The minimum absolute atomic E-state index is 0.247. The van der Waals surface area contributed by atoms with Crippen molar-refractivity contribution in [1.29, 1.82) is 0 Å². The highest BCUT2D eigenvalue weighted by Crippen LogP contribution is 2.64. The molecule has 1 aliphatic rings. The van der Waals surface area contributed by atoms with Crippen LogP contribution in [0, 0.1) is 13.8 Å². The summed E-state index contributed by atoms with van der Waals surface area (Å²) in [6.07, 6.45) is 8.74. The predicted octanol–water partition coefficient (Wildman–Crippen LogP) is 5.24. The number of para-hydroxylation sites is 1. The van der Waals surface area contributed by atoms with Crippen molar-refractivity contribution in [3.05, 3.63) is 29.3 Å². The van der Waals surface area contributed by atoms with Gasteiger partial charge in [-0.15, -0.1) is 0 Å². The molecule has 122 valence electrons. The SMILES string of the molecule is CCCC(C(=O)Nc1c(C)cccc1C)[P+]1(C)CCCCC1. The third kappa shape index (κ3) is 3.90. The van der Waals surface area contributed by atoms with Crippen LogP contribution in [0.3, 0.4) is 0 Å². The maximum Gasteiger partial charge on any atom is 0.265 e. The van der Waals surface area contributed by atoms with Gasteiger partial charge in [-0.05, 0) is 50.7 Å². The number of rotatable bonds is 5. The molecular weight excluding hydrogens is 289 g/mol. The minimum Gasteiger partial charge on any atom is -0.322 e. The molecule has 1 aromatic rings. The number of amides is 1. The van der Waals surface area contributed by atoms with E-state index in [4.69, 9.17) is 0 Å². The van der Waals surface area contributed by atoms with Crippen LogP contribution in [-0.2, 0) is 4.79 Å². The highest BCUT2D eigenvalue weighted by Gasteiger charge is 2.45. The van der Waals surface area contributed by atoms with Gasteiger partial charge in [-0.25, -0.2) is 0 Å². The lowest BCUT2D eigenvalue weighted by Gasteiger charge is -2.33. The van der Waals surface area contributed by atoms with Crippen molar-refractivity contribution in [1.82, 2.24) is 0 Å². The summed E-state index contributed by atoms with van der Waals surface area (Å²) in [6, 6.07) is 6.21. The van der Waals surface area contributed by atoms with Crippen LogP contribution < -0.4 is 5.32 Å². The fourth-order valence-corrected chi connectivity index (χ4v) is 8.01. The van der Waals surface area contributed by atoms with E-state index in [1.54, 1.807) is 0 Å². The third-order valence-electron chi connectivity index (χ3n) is 5.18. The van der Waals surface area contributed by atoms with Gasteiger partial charge in [0.15, 0.2) is 0 Å². The van der Waals surface area contributed by atoms with Gasteiger partial charge in [-0.3, -0.25) is 4.79 Å². The molecule has 1 saturated heterocycles. The zero-order valence-electron chi connectivity index (χ0n) is 14.6. The summed E-state index contributed by atoms with van der Waals surface area (Å²) in [7, 11) is -1.13. The van der Waals surface area contributed by atoms with Crippen molar-refractivity contribution >= 4 is 18.9 Å². The lowest BCUT2D eigenvalue weighted by Crippen LogP contribution is -2.34. The zero-order chi connectivity index (χ0) is 16.2. The molecule has 0 aromatic heterocycles. The third-order valence-corrected chi connectivity index (χ3v) is 9.86. The van der Waals surface area contributed by atoms with Crippen molar-refractivity contribution in [3.8, 4) is 0 Å². The summed E-state index contributed by atoms with van der Waals surface area (Å²) in [5.74, 6) is 0.275. The summed E-state index contributed by atoms with van der Waals surface area (Å²) in [5.41, 5.74) is 3.60. The van der Waals surface area contributed by atoms with Gasteiger partial charge >= 0.3 is 0 Å². The van der Waals surface area contributed by atoms with Gasteiger partial charge in [0.25, 0.3) is 5.91 Å². The molecule has 1 N–H and O–H groups in total. The molecule has 0 bridgehead atoms. The summed E-state index contributed by atoms with van der Waals surface area (Å²) in [4.78, 5) is 13.0. The molecule has 1 aromatic carbocycles. The van der Waals surface area contributed by atoms with E-state index in [1.165, 1.54) is 31.6 Å². The molecule has 2 nitrogen and oxygen atoms in total. The number of anilines is 1. The van der Waals surface area contributed by atoms with Crippen molar-refractivity contribution < 1.29 is 4.79 Å². The molecule has 1 atom stereocenters. The standard InChI is InChI=1S/C19H30NOP/c1-5-10-17(22(4)13-7-6-8-14-22)19(21)20-18-15(2)11-9-12-16(18)3/h9,11-12,17H,5-8,10,13-14H2,1-4H3/p+1. The Labute approximate surface area is 136 Å². The number of benzene rings is 1. The van der Waals surface area contributed by atoms with Gasteiger partial charge in [-0.1, -0.05) is 31.5 Å². The zero-order valence-corrected chi connectivity index (χ0v) is 15.5. The van der Waals surface area contributed by atoms with Crippen molar-refractivity contribution in [3.63, 3.8) is 0 Å². The lowest BCUT2D eigenvalue weighted by atomic mass is 10.1. The highest BCUT2D eigenvalue weighted by atomic mass is 31.2. The van der Waals surface area contributed by atoms with Crippen LogP contribution in [0.5, 0.6) is 0 Å². The van der Waals surface area contributed by atoms with Crippen LogP contribution in [0.15, 0.2) is 18.2 Å². The number of aryl methyl sites for hydroxylation is 2. The first kappa shape index (κ1) is 17.5. The quantitative estimate of drug-likeness (QED) is 0.738. The maximum absolute atomic E-state index is 13.0. The fraction of sp³-hybridized carbons (Fsp3) is 0.632. The number of hydrogen-bond donors (Lipinski definition) is 1. The van der Waals surface area contributed by atoms with Crippen LogP contribution in [0.1, 0.15) is 50.2 Å². The van der Waals surface area contributed by atoms with Crippen molar-refractivity contribution in [2.75, 3.05) is 24.3 Å². The van der Waals surface area contributed by atoms with E-state index in [-0.39, 0.29) is 11.6 Å². The summed E-state index contributed by atoms with van der Waals surface area (Å²) < 4.78 is 0. The number of nitrogens with one attached hydrogen (secondary N) is 1. The largest absolute Gasteiger partial charge is 0.322 e. The molecule has 0 radical (unpaired) electrons. The Bertz CT molecular complexity index is 500. The van der Waals surface area contributed by atoms with E-state index in [0.29, 0.717) is 0 Å². The molecule has 1 heterocycles. The van der Waals surface area contributed by atoms with Crippen LogP contribution in [0.4, 0.5) is 5.69 Å². The lowest BCUT2D eigenvalue weighted by molar-refractivity contribution is -0.116. The first-order chi connectivity index (χ1) is 10.5. The Hall–Kier alpha value is -0.880. The normalized spacial score (nSPS) is 18.7. The van der Waals surface area contributed by atoms with Crippen molar-refractivity contribution in [2.45, 2.75) is 58.5 Å².